The molecule has 160 valence electrons. The number of aromatic nitrogens is 1. The van der Waals surface area contributed by atoms with Gasteiger partial charge in [0.05, 0.1) is 17.2 Å². The Morgan fingerprint density at radius 1 is 1.03 bits per heavy atom. The lowest BCUT2D eigenvalue weighted by Crippen LogP contribution is -2.30. The fourth-order valence-corrected chi connectivity index (χ4v) is 4.51. The van der Waals surface area contributed by atoms with Gasteiger partial charge in [-0.05, 0) is 41.8 Å². The Morgan fingerprint density at radius 3 is 2.37 bits per heavy atom. The summed E-state index contributed by atoms with van der Waals surface area (Å²) >= 11 is 0. The number of nitrogens with zero attached hydrogens (tertiary/aromatic N) is 1. The molecular weight excluding hydrogens is 400 g/mol. The number of ether oxygens (including phenoxy) is 1. The summed E-state index contributed by atoms with van der Waals surface area (Å²) in [6.07, 6.45) is 2.44. The second-order valence-corrected chi connectivity index (χ2v) is 8.89. The van der Waals surface area contributed by atoms with Gasteiger partial charge < -0.3 is 14.4 Å². The summed E-state index contributed by atoms with van der Waals surface area (Å²) in [5.41, 5.74) is 1.24. The summed E-state index contributed by atoms with van der Waals surface area (Å²) in [6.45, 7) is 3.32. The van der Waals surface area contributed by atoms with Crippen LogP contribution >= 0.6 is 0 Å². The van der Waals surface area contributed by atoms with E-state index in [1.54, 1.807) is 37.4 Å². The van der Waals surface area contributed by atoms with Gasteiger partial charge in [-0.15, -0.1) is 0 Å². The molecule has 0 saturated carbocycles. The van der Waals surface area contributed by atoms with Crippen LogP contribution in [0.1, 0.15) is 30.2 Å². The predicted molar refractivity (Wildman–Crippen MR) is 117 cm³/mol. The average Bonchev–Trinajstić information content (AvgIpc) is 3.26. The van der Waals surface area contributed by atoms with Gasteiger partial charge in [0, 0.05) is 26.4 Å². The molecular formula is C23H28N2O4S. The molecule has 0 saturated heterocycles. The topological polar surface area (TPSA) is 80.6 Å². The van der Waals surface area contributed by atoms with Crippen molar-refractivity contribution in [2.24, 2.45) is 0 Å². The molecule has 0 fully saturated rings. The minimum atomic E-state index is -3.57. The maximum atomic E-state index is 12.4. The van der Waals surface area contributed by atoms with Crippen molar-refractivity contribution >= 4 is 10.0 Å². The molecule has 1 atom stereocenters. The molecule has 0 aliphatic rings. The highest BCUT2D eigenvalue weighted by Crippen LogP contribution is 2.33. The molecule has 30 heavy (non-hydrogen) atoms. The van der Waals surface area contributed by atoms with Gasteiger partial charge in [-0.25, -0.2) is 13.1 Å². The first-order valence-electron chi connectivity index (χ1n) is 9.92. The largest absolute Gasteiger partial charge is 0.383 e. The van der Waals surface area contributed by atoms with Crippen LogP contribution in [0, 0.1) is 0 Å². The number of benzene rings is 2. The zero-order valence-corrected chi connectivity index (χ0v) is 18.1. The van der Waals surface area contributed by atoms with Crippen LogP contribution in [0.2, 0.25) is 0 Å². The quantitative estimate of drug-likeness (QED) is 0.519. The minimum Gasteiger partial charge on any atom is -0.383 e. The van der Waals surface area contributed by atoms with E-state index in [9.17, 15) is 13.5 Å². The van der Waals surface area contributed by atoms with Crippen molar-refractivity contribution in [3.8, 4) is 0 Å². The Labute approximate surface area is 178 Å². The van der Waals surface area contributed by atoms with Crippen LogP contribution in [0.25, 0.3) is 0 Å². The van der Waals surface area contributed by atoms with Crippen LogP contribution < -0.4 is 4.72 Å². The summed E-state index contributed by atoms with van der Waals surface area (Å²) < 4.78 is 34.6. The molecule has 0 aliphatic carbocycles. The van der Waals surface area contributed by atoms with Crippen LogP contribution in [0.4, 0.5) is 0 Å². The summed E-state index contributed by atoms with van der Waals surface area (Å²) in [6, 6.07) is 19.5. The minimum absolute atomic E-state index is 0.173. The van der Waals surface area contributed by atoms with E-state index >= 15 is 0 Å². The van der Waals surface area contributed by atoms with E-state index in [2.05, 4.69) is 4.72 Å². The first kappa shape index (κ1) is 22.2. The molecule has 1 aromatic heterocycles. The molecule has 7 heteroatoms. The van der Waals surface area contributed by atoms with Crippen LogP contribution in [0.3, 0.4) is 0 Å². The number of methoxy groups -OCH3 is 1. The van der Waals surface area contributed by atoms with Crippen molar-refractivity contribution in [2.75, 3.05) is 13.7 Å². The number of sulfonamides is 1. The molecule has 6 nitrogen and oxygen atoms in total. The first-order valence-corrected chi connectivity index (χ1v) is 11.4. The highest BCUT2D eigenvalue weighted by molar-refractivity contribution is 7.89. The SMILES string of the molecule is CCC(O)(c1ccc(CNS(=O)(=O)c2ccccc2)cc1)c1cccn1CCOC. The highest BCUT2D eigenvalue weighted by atomic mass is 32.2. The molecule has 0 radical (unpaired) electrons. The molecule has 2 aromatic carbocycles. The standard InChI is InChI=1S/C23H28N2O4S/c1-3-23(26,22-10-7-15-25(22)16-17-29-2)20-13-11-19(12-14-20)18-24-30(27,28)21-8-5-4-6-9-21/h4-15,24,26H,3,16-18H2,1-2H3. The average molecular weight is 429 g/mol. The molecule has 0 aliphatic heterocycles. The Morgan fingerprint density at radius 2 is 1.73 bits per heavy atom. The van der Waals surface area contributed by atoms with E-state index in [4.69, 9.17) is 4.74 Å². The van der Waals surface area contributed by atoms with Gasteiger partial charge >= 0.3 is 0 Å². The Hall–Kier alpha value is -2.45. The van der Waals surface area contributed by atoms with E-state index < -0.39 is 15.6 Å². The van der Waals surface area contributed by atoms with Gasteiger partial charge in [-0.1, -0.05) is 49.4 Å². The third-order valence-electron chi connectivity index (χ3n) is 5.25. The third kappa shape index (κ3) is 4.82. The lowest BCUT2D eigenvalue weighted by atomic mass is 9.87. The Balaban J connectivity index is 1.76. The van der Waals surface area contributed by atoms with E-state index in [1.807, 2.05) is 54.1 Å². The normalized spacial score (nSPS) is 13.8. The zero-order chi connectivity index (χ0) is 21.6. The van der Waals surface area contributed by atoms with E-state index in [-0.39, 0.29) is 11.4 Å². The number of aliphatic hydroxyl groups is 1. The van der Waals surface area contributed by atoms with Gasteiger partial charge in [0.2, 0.25) is 10.0 Å². The van der Waals surface area contributed by atoms with Crippen LogP contribution in [0.15, 0.2) is 77.8 Å². The predicted octanol–water partition coefficient (Wildman–Crippen LogP) is 3.26. The van der Waals surface area contributed by atoms with E-state index in [0.717, 1.165) is 16.8 Å². The first-order chi connectivity index (χ1) is 14.4. The Kier molecular flexibility index (Phi) is 7.10. The summed E-state index contributed by atoms with van der Waals surface area (Å²) in [4.78, 5) is 0.235. The fourth-order valence-electron chi connectivity index (χ4n) is 3.47. The number of hydrogen-bond acceptors (Lipinski definition) is 4. The fraction of sp³-hybridized carbons (Fsp3) is 0.304. The lowest BCUT2D eigenvalue weighted by molar-refractivity contribution is 0.0660. The number of hydrogen-bond donors (Lipinski definition) is 2. The molecule has 0 bridgehead atoms. The molecule has 3 aromatic rings. The second-order valence-electron chi connectivity index (χ2n) is 7.13. The van der Waals surface area contributed by atoms with E-state index in [0.29, 0.717) is 19.6 Å². The van der Waals surface area contributed by atoms with Crippen molar-refractivity contribution in [1.29, 1.82) is 0 Å². The van der Waals surface area contributed by atoms with Gasteiger partial charge in [0.1, 0.15) is 5.60 Å². The molecule has 0 amide bonds. The van der Waals surface area contributed by atoms with Crippen molar-refractivity contribution < 1.29 is 18.3 Å². The molecule has 1 heterocycles. The maximum Gasteiger partial charge on any atom is 0.240 e. The van der Waals surface area contributed by atoms with Crippen molar-refractivity contribution in [1.82, 2.24) is 9.29 Å². The summed E-state index contributed by atoms with van der Waals surface area (Å²) in [5.74, 6) is 0. The maximum absolute atomic E-state index is 12.4. The van der Waals surface area contributed by atoms with Crippen LogP contribution in [-0.4, -0.2) is 31.8 Å². The lowest BCUT2D eigenvalue weighted by Gasteiger charge is -2.29. The van der Waals surface area contributed by atoms with Crippen LogP contribution in [-0.2, 0) is 33.5 Å². The molecule has 2 N–H and O–H groups in total. The zero-order valence-electron chi connectivity index (χ0n) is 17.3. The van der Waals surface area contributed by atoms with Gasteiger partial charge in [-0.2, -0.15) is 0 Å². The van der Waals surface area contributed by atoms with Crippen molar-refractivity contribution in [3.63, 3.8) is 0 Å². The Bertz CT molecular complexity index is 1050. The summed E-state index contributed by atoms with van der Waals surface area (Å²) in [5, 5.41) is 11.5. The van der Waals surface area contributed by atoms with Crippen molar-refractivity contribution in [2.45, 2.75) is 36.9 Å². The molecule has 3 rings (SSSR count). The van der Waals surface area contributed by atoms with Crippen LogP contribution in [0.5, 0.6) is 0 Å². The van der Waals surface area contributed by atoms with Gasteiger partial charge in [0.15, 0.2) is 0 Å². The third-order valence-corrected chi connectivity index (χ3v) is 6.67. The highest BCUT2D eigenvalue weighted by Gasteiger charge is 2.32. The number of rotatable bonds is 10. The van der Waals surface area contributed by atoms with Crippen molar-refractivity contribution in [3.05, 3.63) is 89.7 Å². The number of nitrogens with one attached hydrogen (secondary N) is 1. The smallest absolute Gasteiger partial charge is 0.240 e. The monoisotopic (exact) mass is 428 g/mol. The molecule has 1 unspecified atom stereocenters. The van der Waals surface area contributed by atoms with Gasteiger partial charge in [-0.3, -0.25) is 0 Å². The van der Waals surface area contributed by atoms with Gasteiger partial charge in [0.25, 0.3) is 0 Å². The molecule has 0 spiro atoms. The van der Waals surface area contributed by atoms with E-state index in [1.165, 1.54) is 0 Å². The summed E-state index contributed by atoms with van der Waals surface area (Å²) in [7, 11) is -1.91. The second kappa shape index (κ2) is 9.57.